The van der Waals surface area contributed by atoms with E-state index in [1.165, 1.54) is 19.2 Å². The molecule has 0 spiro atoms. The average molecular weight is 472 g/mol. The summed E-state index contributed by atoms with van der Waals surface area (Å²) in [7, 11) is 1.40. The van der Waals surface area contributed by atoms with Crippen LogP contribution in [0, 0.1) is 0 Å². The van der Waals surface area contributed by atoms with Gasteiger partial charge in [0, 0.05) is 17.7 Å². The number of carbonyl (C=O) groups is 3. The molecule has 0 radical (unpaired) electrons. The number of hydrogen-bond donors (Lipinski definition) is 3. The molecule has 0 unspecified atom stereocenters. The summed E-state index contributed by atoms with van der Waals surface area (Å²) < 4.78 is 10.9. The van der Waals surface area contributed by atoms with Gasteiger partial charge in [0.1, 0.15) is 17.9 Å². The minimum absolute atomic E-state index is 0.0576. The first kappa shape index (κ1) is 22.5. The Morgan fingerprint density at radius 1 is 0.971 bits per heavy atom. The number of nitrogens with one attached hydrogen (secondary N) is 2. The molecule has 8 nitrogen and oxygen atoms in total. The normalized spacial score (nSPS) is 14.9. The lowest BCUT2D eigenvalue weighted by Crippen LogP contribution is -2.43. The number of benzene rings is 3. The largest absolute Gasteiger partial charge is 0.496 e. The molecule has 0 aromatic heterocycles. The van der Waals surface area contributed by atoms with Gasteiger partial charge in [0.25, 0.3) is 5.91 Å². The Bertz CT molecular complexity index is 1290. The van der Waals surface area contributed by atoms with Gasteiger partial charge in [0.05, 0.1) is 12.7 Å². The summed E-state index contributed by atoms with van der Waals surface area (Å²) in [6, 6.07) is 20.7. The first-order valence-electron chi connectivity index (χ1n) is 11.3. The quantitative estimate of drug-likeness (QED) is 0.470. The fraction of sp³-hybridized carbons (Fsp3) is 0.222. The highest BCUT2D eigenvalue weighted by Gasteiger charge is 2.51. The second-order valence-corrected chi connectivity index (χ2v) is 8.71. The summed E-state index contributed by atoms with van der Waals surface area (Å²) in [5, 5.41) is 14.5. The molecule has 178 valence electrons. The summed E-state index contributed by atoms with van der Waals surface area (Å²) in [5.74, 6) is -1.45. The molecule has 8 heteroatoms. The van der Waals surface area contributed by atoms with Crippen molar-refractivity contribution in [1.29, 1.82) is 0 Å². The van der Waals surface area contributed by atoms with Gasteiger partial charge in [0.2, 0.25) is 0 Å². The van der Waals surface area contributed by atoms with Crippen LogP contribution in [0.25, 0.3) is 11.1 Å². The number of hydrogen-bond acceptors (Lipinski definition) is 5. The number of ether oxygens (including phenoxy) is 2. The third-order valence-electron chi connectivity index (χ3n) is 6.55. The van der Waals surface area contributed by atoms with Crippen molar-refractivity contribution in [2.24, 2.45) is 0 Å². The van der Waals surface area contributed by atoms with Crippen molar-refractivity contribution in [1.82, 2.24) is 5.32 Å². The van der Waals surface area contributed by atoms with Crippen molar-refractivity contribution < 1.29 is 29.0 Å². The smallest absolute Gasteiger partial charge is 0.411 e. The highest BCUT2D eigenvalue weighted by molar-refractivity contribution is 6.01. The van der Waals surface area contributed by atoms with E-state index in [0.29, 0.717) is 18.5 Å². The maximum absolute atomic E-state index is 12.6. The van der Waals surface area contributed by atoms with E-state index in [2.05, 4.69) is 22.8 Å². The molecule has 0 atom stereocenters. The molecule has 0 heterocycles. The van der Waals surface area contributed by atoms with E-state index in [1.54, 1.807) is 6.07 Å². The molecule has 2 aliphatic rings. The number of carboxylic acid groups (broad SMARTS) is 1. The minimum atomic E-state index is -1.21. The van der Waals surface area contributed by atoms with Crippen molar-refractivity contribution in [3.63, 3.8) is 0 Å². The average Bonchev–Trinajstić information content (AvgIpc) is 3.58. The van der Waals surface area contributed by atoms with Crippen molar-refractivity contribution in [2.75, 3.05) is 19.0 Å². The lowest BCUT2D eigenvalue weighted by molar-refractivity contribution is -0.140. The first-order valence-corrected chi connectivity index (χ1v) is 11.3. The number of carbonyl (C=O) groups excluding carboxylic acids is 2. The molecular formula is C27H24N2O6. The second-order valence-electron chi connectivity index (χ2n) is 8.71. The SMILES string of the molecule is COc1cc(NC(=O)OCC2c3ccccc3-c3ccccc32)ccc1C(=O)NC1(C(=O)O)CC1. The number of amides is 2. The Morgan fingerprint density at radius 3 is 2.17 bits per heavy atom. The van der Waals surface area contributed by atoms with Gasteiger partial charge in [-0.15, -0.1) is 0 Å². The second kappa shape index (κ2) is 8.79. The third-order valence-corrected chi connectivity index (χ3v) is 6.55. The van der Waals surface area contributed by atoms with Crippen LogP contribution in [-0.2, 0) is 9.53 Å². The zero-order valence-electron chi connectivity index (χ0n) is 19.0. The van der Waals surface area contributed by atoms with Crippen LogP contribution >= 0.6 is 0 Å². The Kier molecular flexibility index (Phi) is 5.64. The maximum atomic E-state index is 12.6. The van der Waals surface area contributed by atoms with Crippen molar-refractivity contribution in [3.05, 3.63) is 83.4 Å². The summed E-state index contributed by atoms with van der Waals surface area (Å²) in [6.07, 6.45) is 0.143. The van der Waals surface area contributed by atoms with Crippen LogP contribution in [0.15, 0.2) is 66.7 Å². The number of anilines is 1. The molecule has 2 aliphatic carbocycles. The molecule has 0 bridgehead atoms. The molecule has 1 fully saturated rings. The van der Waals surface area contributed by atoms with Crippen LogP contribution in [0.3, 0.4) is 0 Å². The Labute approximate surface area is 201 Å². The predicted octanol–water partition coefficient (Wildman–Crippen LogP) is 4.40. The van der Waals surface area contributed by atoms with E-state index >= 15 is 0 Å². The number of methoxy groups -OCH3 is 1. The van der Waals surface area contributed by atoms with Gasteiger partial charge in [-0.25, -0.2) is 9.59 Å². The number of aliphatic carboxylic acids is 1. The van der Waals surface area contributed by atoms with Gasteiger partial charge < -0.3 is 19.9 Å². The standard InChI is InChI=1S/C27H24N2O6/c1-34-23-14-16(10-11-21(23)24(30)29-27(12-13-27)25(31)32)28-26(33)35-15-22-19-8-4-2-6-17(19)18-7-3-5-9-20(18)22/h2-11,14,22H,12-13,15H2,1H3,(H,28,33)(H,29,30)(H,31,32). The van der Waals surface area contributed by atoms with Gasteiger partial charge in [-0.3, -0.25) is 10.1 Å². The van der Waals surface area contributed by atoms with E-state index in [0.717, 1.165) is 22.3 Å². The van der Waals surface area contributed by atoms with Crippen LogP contribution in [0.4, 0.5) is 10.5 Å². The monoisotopic (exact) mass is 472 g/mol. The summed E-state index contributed by atoms with van der Waals surface area (Å²) in [6.45, 7) is 0.175. The maximum Gasteiger partial charge on any atom is 0.411 e. The van der Waals surface area contributed by atoms with Crippen LogP contribution in [0.5, 0.6) is 5.75 Å². The predicted molar refractivity (Wildman–Crippen MR) is 129 cm³/mol. The van der Waals surface area contributed by atoms with Gasteiger partial charge >= 0.3 is 12.1 Å². The Hall–Kier alpha value is -4.33. The molecular weight excluding hydrogens is 448 g/mol. The van der Waals surface area contributed by atoms with Crippen molar-refractivity contribution >= 4 is 23.7 Å². The molecule has 3 N–H and O–H groups in total. The van der Waals surface area contributed by atoms with Crippen molar-refractivity contribution in [3.8, 4) is 16.9 Å². The topological polar surface area (TPSA) is 114 Å². The van der Waals surface area contributed by atoms with E-state index < -0.39 is 23.5 Å². The summed E-state index contributed by atoms with van der Waals surface area (Å²) in [4.78, 5) is 36.5. The van der Waals surface area contributed by atoms with E-state index in [-0.39, 0.29) is 23.8 Å². The van der Waals surface area contributed by atoms with Gasteiger partial charge in [-0.2, -0.15) is 0 Å². The molecule has 2 amide bonds. The highest BCUT2D eigenvalue weighted by atomic mass is 16.5. The number of fused-ring (bicyclic) bond motifs is 3. The zero-order valence-corrected chi connectivity index (χ0v) is 19.0. The molecule has 1 saturated carbocycles. The van der Waals surface area contributed by atoms with Crippen LogP contribution in [-0.4, -0.2) is 42.3 Å². The minimum Gasteiger partial charge on any atom is -0.496 e. The lowest BCUT2D eigenvalue weighted by Gasteiger charge is -2.16. The molecule has 0 aliphatic heterocycles. The van der Waals surface area contributed by atoms with E-state index in [1.807, 2.05) is 36.4 Å². The van der Waals surface area contributed by atoms with E-state index in [9.17, 15) is 19.5 Å². The highest BCUT2D eigenvalue weighted by Crippen LogP contribution is 2.44. The summed E-state index contributed by atoms with van der Waals surface area (Å²) in [5.41, 5.74) is 3.88. The fourth-order valence-electron chi connectivity index (χ4n) is 4.51. The Balaban J connectivity index is 1.25. The van der Waals surface area contributed by atoms with Gasteiger partial charge in [-0.1, -0.05) is 48.5 Å². The molecule has 3 aromatic carbocycles. The fourth-order valence-corrected chi connectivity index (χ4v) is 4.51. The van der Waals surface area contributed by atoms with Crippen LogP contribution in [0.2, 0.25) is 0 Å². The number of rotatable bonds is 7. The van der Waals surface area contributed by atoms with Crippen LogP contribution < -0.4 is 15.4 Å². The van der Waals surface area contributed by atoms with Crippen LogP contribution in [0.1, 0.15) is 40.2 Å². The zero-order chi connectivity index (χ0) is 24.6. The Morgan fingerprint density at radius 2 is 1.60 bits per heavy atom. The third kappa shape index (κ3) is 4.19. The van der Waals surface area contributed by atoms with E-state index in [4.69, 9.17) is 9.47 Å². The van der Waals surface area contributed by atoms with Crippen molar-refractivity contribution in [2.45, 2.75) is 24.3 Å². The lowest BCUT2D eigenvalue weighted by atomic mass is 9.98. The molecule has 0 saturated heterocycles. The molecule has 35 heavy (non-hydrogen) atoms. The summed E-state index contributed by atoms with van der Waals surface area (Å²) >= 11 is 0. The van der Waals surface area contributed by atoms with Gasteiger partial charge in [-0.05, 0) is 47.2 Å². The number of carboxylic acids is 1. The first-order chi connectivity index (χ1) is 16.9. The van der Waals surface area contributed by atoms with Gasteiger partial charge in [0.15, 0.2) is 0 Å². The molecule has 3 aromatic rings. The molecule has 5 rings (SSSR count).